The molecule has 0 rings (SSSR count). The molecule has 0 spiro atoms. The first-order chi connectivity index (χ1) is 6.52. The maximum Gasteiger partial charge on any atom is 0.277 e. The van der Waals surface area contributed by atoms with Gasteiger partial charge in [0.15, 0.2) is 0 Å². The van der Waals surface area contributed by atoms with E-state index in [1.165, 1.54) is 11.8 Å². The first kappa shape index (κ1) is 13.6. The maximum atomic E-state index is 12.6. The Morgan fingerprint density at radius 3 is 2.71 bits per heavy atom. The topological polar surface area (TPSA) is 55.1 Å². The second kappa shape index (κ2) is 7.00. The van der Waals surface area contributed by atoms with Crippen molar-refractivity contribution in [3.8, 4) is 0 Å². The number of hydrogen-bond acceptors (Lipinski definition) is 3. The second-order valence-electron chi connectivity index (χ2n) is 2.89. The molecule has 1 amide bonds. The highest BCUT2D eigenvalue weighted by atomic mass is 32.2. The van der Waals surface area contributed by atoms with Crippen LogP contribution in [0.2, 0.25) is 0 Å². The van der Waals surface area contributed by atoms with Crippen LogP contribution in [0.5, 0.6) is 0 Å². The minimum atomic E-state index is -2.99. The van der Waals surface area contributed by atoms with E-state index in [2.05, 4.69) is 5.32 Å². The summed E-state index contributed by atoms with van der Waals surface area (Å²) in [6.07, 6.45) is 0.969. The first-order valence-corrected chi connectivity index (χ1v) is 5.59. The third-order valence-corrected chi connectivity index (χ3v) is 2.59. The number of alkyl halides is 2. The third kappa shape index (κ3) is 7.08. The lowest BCUT2D eigenvalue weighted by atomic mass is 10.3. The van der Waals surface area contributed by atoms with E-state index < -0.39 is 19.0 Å². The number of rotatable bonds is 7. The van der Waals surface area contributed by atoms with E-state index in [9.17, 15) is 13.6 Å². The molecule has 0 aliphatic heterocycles. The van der Waals surface area contributed by atoms with Gasteiger partial charge in [-0.1, -0.05) is 6.92 Å². The summed E-state index contributed by atoms with van der Waals surface area (Å²) in [6.45, 7) is 0.581. The van der Waals surface area contributed by atoms with E-state index in [0.29, 0.717) is 0 Å². The van der Waals surface area contributed by atoms with E-state index in [4.69, 9.17) is 5.73 Å². The summed E-state index contributed by atoms with van der Waals surface area (Å²) in [5, 5.41) is 2.14. The molecular weight excluding hydrogens is 210 g/mol. The van der Waals surface area contributed by atoms with Crippen molar-refractivity contribution < 1.29 is 13.6 Å². The van der Waals surface area contributed by atoms with Gasteiger partial charge < -0.3 is 11.1 Å². The maximum absolute atomic E-state index is 12.6. The summed E-state index contributed by atoms with van der Waals surface area (Å²) in [7, 11) is 0. The predicted octanol–water partition coefficient (Wildman–Crippen LogP) is 0.840. The van der Waals surface area contributed by atoms with Gasteiger partial charge in [-0.05, 0) is 12.2 Å². The molecule has 0 radical (unpaired) electrons. The SMILES string of the molecule is CCCSCC(=O)NCC(F)(F)CN. The molecule has 0 aromatic rings. The van der Waals surface area contributed by atoms with Crippen molar-refractivity contribution >= 4 is 17.7 Å². The van der Waals surface area contributed by atoms with Crippen LogP contribution in [-0.2, 0) is 4.79 Å². The van der Waals surface area contributed by atoms with E-state index in [-0.39, 0.29) is 11.7 Å². The number of carbonyl (C=O) groups is 1. The van der Waals surface area contributed by atoms with Crippen LogP contribution < -0.4 is 11.1 Å². The zero-order valence-electron chi connectivity index (χ0n) is 8.19. The Morgan fingerprint density at radius 2 is 2.21 bits per heavy atom. The Kier molecular flexibility index (Phi) is 6.82. The van der Waals surface area contributed by atoms with Crippen molar-refractivity contribution in [3.63, 3.8) is 0 Å². The van der Waals surface area contributed by atoms with Crippen LogP contribution in [0.1, 0.15) is 13.3 Å². The Balaban J connectivity index is 3.53. The minimum Gasteiger partial charge on any atom is -0.349 e. The van der Waals surface area contributed by atoms with Gasteiger partial charge in [-0.2, -0.15) is 11.8 Å². The quantitative estimate of drug-likeness (QED) is 0.632. The molecule has 3 N–H and O–H groups in total. The standard InChI is InChI=1S/C8H16F2N2OS/c1-2-3-14-4-7(13)12-6-8(9,10)5-11/h2-6,11H2,1H3,(H,12,13). The fraction of sp³-hybridized carbons (Fsp3) is 0.875. The Bertz CT molecular complexity index is 179. The number of nitrogens with one attached hydrogen (secondary N) is 1. The molecule has 0 atom stereocenters. The normalized spacial score (nSPS) is 11.4. The molecule has 0 aliphatic rings. The summed E-state index contributed by atoms with van der Waals surface area (Å²) >= 11 is 1.43. The van der Waals surface area contributed by atoms with Crippen LogP contribution in [0.4, 0.5) is 8.78 Å². The first-order valence-electron chi connectivity index (χ1n) is 4.44. The molecule has 0 saturated heterocycles. The molecule has 6 heteroatoms. The summed E-state index contributed by atoms with van der Waals surface area (Å²) in [4.78, 5) is 11.0. The average molecular weight is 226 g/mol. The van der Waals surface area contributed by atoms with Crippen LogP contribution in [0.15, 0.2) is 0 Å². The molecule has 0 aromatic heterocycles. The Hall–Kier alpha value is -0.360. The molecule has 0 aromatic carbocycles. The van der Waals surface area contributed by atoms with Crippen LogP contribution in [-0.4, -0.2) is 36.4 Å². The number of thioether (sulfide) groups is 1. The Morgan fingerprint density at radius 1 is 1.57 bits per heavy atom. The zero-order chi connectivity index (χ0) is 11.0. The molecule has 0 bridgehead atoms. The monoisotopic (exact) mass is 226 g/mol. The van der Waals surface area contributed by atoms with Crippen LogP contribution in [0.3, 0.4) is 0 Å². The number of halogens is 2. The average Bonchev–Trinajstić information content (AvgIpc) is 2.16. The van der Waals surface area contributed by atoms with Gasteiger partial charge in [-0.25, -0.2) is 8.78 Å². The zero-order valence-corrected chi connectivity index (χ0v) is 9.00. The molecule has 0 aliphatic carbocycles. The Labute approximate surface area is 86.8 Å². The van der Waals surface area contributed by atoms with Gasteiger partial charge in [-0.15, -0.1) is 0 Å². The predicted molar refractivity (Wildman–Crippen MR) is 54.6 cm³/mol. The van der Waals surface area contributed by atoms with Crippen LogP contribution in [0, 0.1) is 0 Å². The van der Waals surface area contributed by atoms with E-state index in [0.717, 1.165) is 12.2 Å². The second-order valence-corrected chi connectivity index (χ2v) is 3.99. The lowest BCUT2D eigenvalue weighted by molar-refractivity contribution is -0.120. The lowest BCUT2D eigenvalue weighted by Crippen LogP contribution is -2.42. The van der Waals surface area contributed by atoms with Crippen LogP contribution in [0.25, 0.3) is 0 Å². The van der Waals surface area contributed by atoms with E-state index in [1.807, 2.05) is 6.92 Å². The molecule has 0 fully saturated rings. The molecule has 0 saturated carbocycles. The van der Waals surface area contributed by atoms with E-state index in [1.54, 1.807) is 0 Å². The number of nitrogens with two attached hydrogens (primary N) is 1. The number of amides is 1. The summed E-state index contributed by atoms with van der Waals surface area (Å²) < 4.78 is 25.1. The molecule has 0 heterocycles. The van der Waals surface area contributed by atoms with Crippen LogP contribution >= 0.6 is 11.8 Å². The van der Waals surface area contributed by atoms with Gasteiger partial charge >= 0.3 is 0 Å². The van der Waals surface area contributed by atoms with Gasteiger partial charge in [0.2, 0.25) is 5.91 Å². The van der Waals surface area contributed by atoms with Crippen molar-refractivity contribution in [2.75, 3.05) is 24.6 Å². The minimum absolute atomic E-state index is 0.231. The third-order valence-electron chi connectivity index (χ3n) is 1.42. The van der Waals surface area contributed by atoms with Crippen molar-refractivity contribution in [1.29, 1.82) is 0 Å². The lowest BCUT2D eigenvalue weighted by Gasteiger charge is -2.14. The molecule has 14 heavy (non-hydrogen) atoms. The number of carbonyl (C=O) groups excluding carboxylic acids is 1. The molecular formula is C8H16F2N2OS. The van der Waals surface area contributed by atoms with Gasteiger partial charge in [-0.3, -0.25) is 4.79 Å². The van der Waals surface area contributed by atoms with Crippen molar-refractivity contribution in [1.82, 2.24) is 5.32 Å². The fourth-order valence-corrected chi connectivity index (χ4v) is 1.38. The van der Waals surface area contributed by atoms with Gasteiger partial charge in [0, 0.05) is 0 Å². The molecule has 0 unspecified atom stereocenters. The fourth-order valence-electron chi connectivity index (χ4n) is 0.660. The van der Waals surface area contributed by atoms with E-state index >= 15 is 0 Å². The largest absolute Gasteiger partial charge is 0.349 e. The van der Waals surface area contributed by atoms with Gasteiger partial charge in [0.1, 0.15) is 0 Å². The van der Waals surface area contributed by atoms with Gasteiger partial charge in [0.25, 0.3) is 5.92 Å². The highest BCUT2D eigenvalue weighted by Gasteiger charge is 2.26. The highest BCUT2D eigenvalue weighted by Crippen LogP contribution is 2.09. The molecule has 3 nitrogen and oxygen atoms in total. The summed E-state index contributed by atoms with van der Waals surface area (Å²) in [6, 6.07) is 0. The summed E-state index contributed by atoms with van der Waals surface area (Å²) in [5.74, 6) is -2.27. The van der Waals surface area contributed by atoms with Gasteiger partial charge in [0.05, 0.1) is 18.8 Å². The smallest absolute Gasteiger partial charge is 0.277 e. The molecule has 84 valence electrons. The van der Waals surface area contributed by atoms with Crippen molar-refractivity contribution in [3.05, 3.63) is 0 Å². The van der Waals surface area contributed by atoms with Crippen molar-refractivity contribution in [2.24, 2.45) is 5.73 Å². The highest BCUT2D eigenvalue weighted by molar-refractivity contribution is 7.99. The van der Waals surface area contributed by atoms with Crippen molar-refractivity contribution in [2.45, 2.75) is 19.3 Å². The summed E-state index contributed by atoms with van der Waals surface area (Å²) in [5.41, 5.74) is 4.81. The number of hydrogen-bond donors (Lipinski definition) is 2.